The van der Waals surface area contributed by atoms with Crippen molar-refractivity contribution >= 4 is 27.5 Å². The zero-order valence-electron chi connectivity index (χ0n) is 10.1. The molecule has 0 aromatic carbocycles. The second kappa shape index (κ2) is 6.62. The van der Waals surface area contributed by atoms with Crippen molar-refractivity contribution in [3.63, 3.8) is 0 Å². The number of aryl methyl sites for hydroxylation is 2. The molecular weight excluding hydrogens is 289 g/mol. The van der Waals surface area contributed by atoms with Gasteiger partial charge in [-0.05, 0) is 19.8 Å². The maximum atomic E-state index is 6.26. The molecule has 1 unspecified atom stereocenters. The molecule has 0 aliphatic heterocycles. The van der Waals surface area contributed by atoms with Crippen LogP contribution in [0, 0.1) is 0 Å². The molecule has 1 heterocycles. The molecule has 92 valence electrons. The van der Waals surface area contributed by atoms with E-state index in [4.69, 9.17) is 11.6 Å². The van der Waals surface area contributed by atoms with Crippen molar-refractivity contribution in [1.29, 1.82) is 0 Å². The van der Waals surface area contributed by atoms with Gasteiger partial charge in [-0.25, -0.2) is 0 Å². The van der Waals surface area contributed by atoms with E-state index in [1.54, 1.807) is 0 Å². The van der Waals surface area contributed by atoms with Gasteiger partial charge in [-0.2, -0.15) is 5.10 Å². The summed E-state index contributed by atoms with van der Waals surface area (Å²) in [5.41, 5.74) is 2.05. The number of nitrogens with one attached hydrogen (secondary N) is 1. The van der Waals surface area contributed by atoms with Crippen LogP contribution in [0.5, 0.6) is 0 Å². The van der Waals surface area contributed by atoms with Gasteiger partial charge in [-0.3, -0.25) is 4.68 Å². The van der Waals surface area contributed by atoms with Crippen molar-refractivity contribution in [2.75, 3.05) is 5.33 Å². The van der Waals surface area contributed by atoms with Crippen LogP contribution in [0.4, 0.5) is 0 Å². The van der Waals surface area contributed by atoms with E-state index in [2.05, 4.69) is 40.2 Å². The lowest BCUT2D eigenvalue weighted by atomic mass is 10.2. The van der Waals surface area contributed by atoms with E-state index in [0.29, 0.717) is 6.04 Å². The summed E-state index contributed by atoms with van der Waals surface area (Å²) in [5, 5.41) is 9.65. The van der Waals surface area contributed by atoms with Crippen LogP contribution >= 0.6 is 27.5 Å². The molecule has 1 aromatic heterocycles. The van der Waals surface area contributed by atoms with Crippen LogP contribution in [-0.2, 0) is 20.0 Å². The topological polar surface area (TPSA) is 29.9 Å². The maximum Gasteiger partial charge on any atom is 0.0863 e. The van der Waals surface area contributed by atoms with E-state index < -0.39 is 0 Å². The number of aromatic nitrogens is 2. The Bertz CT molecular complexity index is 338. The number of hydrogen-bond acceptors (Lipinski definition) is 2. The van der Waals surface area contributed by atoms with Crippen LogP contribution in [0.1, 0.15) is 31.7 Å². The summed E-state index contributed by atoms with van der Waals surface area (Å²) >= 11 is 9.69. The molecule has 0 saturated carbocycles. The zero-order chi connectivity index (χ0) is 12.1. The lowest BCUT2D eigenvalue weighted by molar-refractivity contribution is 0.520. The van der Waals surface area contributed by atoms with Crippen LogP contribution in [0.3, 0.4) is 0 Å². The molecule has 0 spiro atoms. The largest absolute Gasteiger partial charge is 0.309 e. The van der Waals surface area contributed by atoms with Gasteiger partial charge in [0.1, 0.15) is 0 Å². The first-order chi connectivity index (χ1) is 7.60. The molecule has 0 fully saturated rings. The van der Waals surface area contributed by atoms with E-state index in [1.165, 1.54) is 0 Å². The molecule has 1 rings (SSSR count). The van der Waals surface area contributed by atoms with Crippen LogP contribution in [0.25, 0.3) is 0 Å². The average Bonchev–Trinajstić information content (AvgIpc) is 2.52. The van der Waals surface area contributed by atoms with E-state index in [-0.39, 0.29) is 0 Å². The first-order valence-electron chi connectivity index (χ1n) is 5.59. The fourth-order valence-corrected chi connectivity index (χ4v) is 2.60. The maximum absolute atomic E-state index is 6.26. The highest BCUT2D eigenvalue weighted by Gasteiger charge is 2.13. The zero-order valence-corrected chi connectivity index (χ0v) is 12.4. The minimum absolute atomic E-state index is 0.482. The van der Waals surface area contributed by atoms with E-state index in [9.17, 15) is 0 Å². The monoisotopic (exact) mass is 307 g/mol. The third kappa shape index (κ3) is 3.47. The summed E-state index contributed by atoms with van der Waals surface area (Å²) in [4.78, 5) is 0. The smallest absolute Gasteiger partial charge is 0.0863 e. The number of rotatable bonds is 6. The molecule has 16 heavy (non-hydrogen) atoms. The standard InChI is InChI=1S/C11H19BrClN3/c1-4-9-11(13)10(16(3)15-9)7-14-8(2)5-6-12/h8,14H,4-7H2,1-3H3. The second-order valence-electron chi connectivity index (χ2n) is 3.94. The Morgan fingerprint density at radius 3 is 2.75 bits per heavy atom. The molecule has 1 atom stereocenters. The SMILES string of the molecule is CCc1nn(C)c(CNC(C)CCBr)c1Cl. The third-order valence-electron chi connectivity index (χ3n) is 2.66. The summed E-state index contributed by atoms with van der Waals surface area (Å²) in [6, 6.07) is 0.482. The van der Waals surface area contributed by atoms with Gasteiger partial charge < -0.3 is 5.32 Å². The molecule has 3 nitrogen and oxygen atoms in total. The average molecular weight is 309 g/mol. The van der Waals surface area contributed by atoms with Crippen LogP contribution < -0.4 is 5.32 Å². The Hall–Kier alpha value is -0.0600. The van der Waals surface area contributed by atoms with Crippen molar-refractivity contribution in [2.24, 2.45) is 7.05 Å². The molecule has 5 heteroatoms. The Morgan fingerprint density at radius 2 is 2.25 bits per heavy atom. The quantitative estimate of drug-likeness (QED) is 0.819. The molecule has 0 bridgehead atoms. The van der Waals surface area contributed by atoms with Gasteiger partial charge in [-0.15, -0.1) is 0 Å². The van der Waals surface area contributed by atoms with Crippen molar-refractivity contribution < 1.29 is 0 Å². The van der Waals surface area contributed by atoms with Crippen molar-refractivity contribution in [2.45, 2.75) is 39.3 Å². The summed E-state index contributed by atoms with van der Waals surface area (Å²) in [7, 11) is 1.94. The first kappa shape index (κ1) is 14.0. The Balaban J connectivity index is 2.63. The number of hydrogen-bond donors (Lipinski definition) is 1. The van der Waals surface area contributed by atoms with Crippen molar-refractivity contribution in [3.05, 3.63) is 16.4 Å². The van der Waals surface area contributed by atoms with Gasteiger partial charge in [0.05, 0.1) is 16.4 Å². The fraction of sp³-hybridized carbons (Fsp3) is 0.727. The van der Waals surface area contributed by atoms with Crippen LogP contribution in [0.2, 0.25) is 5.02 Å². The molecule has 1 N–H and O–H groups in total. The van der Waals surface area contributed by atoms with Gasteiger partial charge in [0.2, 0.25) is 0 Å². The molecule has 0 aliphatic carbocycles. The minimum Gasteiger partial charge on any atom is -0.309 e. The third-order valence-corrected chi connectivity index (χ3v) is 3.56. The fourth-order valence-electron chi connectivity index (χ4n) is 1.55. The lowest BCUT2D eigenvalue weighted by Gasteiger charge is -2.12. The normalized spacial score (nSPS) is 13.1. The first-order valence-corrected chi connectivity index (χ1v) is 7.09. The van der Waals surface area contributed by atoms with Crippen LogP contribution in [0.15, 0.2) is 0 Å². The summed E-state index contributed by atoms with van der Waals surface area (Å²) in [6.07, 6.45) is 1.99. The summed E-state index contributed by atoms with van der Waals surface area (Å²) in [6.45, 7) is 5.02. The molecule has 1 aromatic rings. The number of nitrogens with zero attached hydrogens (tertiary/aromatic N) is 2. The van der Waals surface area contributed by atoms with Gasteiger partial charge in [0.15, 0.2) is 0 Å². The van der Waals surface area contributed by atoms with Gasteiger partial charge in [0.25, 0.3) is 0 Å². The van der Waals surface area contributed by atoms with Crippen molar-refractivity contribution in [1.82, 2.24) is 15.1 Å². The molecule has 0 saturated heterocycles. The Kier molecular flexibility index (Phi) is 5.79. The van der Waals surface area contributed by atoms with E-state index >= 15 is 0 Å². The molecule has 0 radical (unpaired) electrons. The van der Waals surface area contributed by atoms with Gasteiger partial charge in [-0.1, -0.05) is 34.5 Å². The van der Waals surface area contributed by atoms with E-state index in [1.807, 2.05) is 11.7 Å². The highest BCUT2D eigenvalue weighted by atomic mass is 79.9. The predicted octanol–water partition coefficient (Wildman–Crippen LogP) is 2.90. The summed E-state index contributed by atoms with van der Waals surface area (Å²) in [5.74, 6) is 0. The Morgan fingerprint density at radius 1 is 1.56 bits per heavy atom. The highest BCUT2D eigenvalue weighted by molar-refractivity contribution is 9.09. The molecule has 0 aliphatic rings. The predicted molar refractivity (Wildman–Crippen MR) is 72.3 cm³/mol. The number of alkyl halides is 1. The second-order valence-corrected chi connectivity index (χ2v) is 5.12. The molecule has 0 amide bonds. The van der Waals surface area contributed by atoms with E-state index in [0.717, 1.165) is 41.1 Å². The van der Waals surface area contributed by atoms with Gasteiger partial charge >= 0.3 is 0 Å². The Labute approximate surface area is 111 Å². The van der Waals surface area contributed by atoms with Gasteiger partial charge in [0, 0.05) is 25.0 Å². The lowest BCUT2D eigenvalue weighted by Crippen LogP contribution is -2.26. The highest BCUT2D eigenvalue weighted by Crippen LogP contribution is 2.20. The molecular formula is C11H19BrClN3. The van der Waals surface area contributed by atoms with Crippen LogP contribution in [-0.4, -0.2) is 21.2 Å². The summed E-state index contributed by atoms with van der Waals surface area (Å²) < 4.78 is 1.87. The minimum atomic E-state index is 0.482. The van der Waals surface area contributed by atoms with Crippen molar-refractivity contribution in [3.8, 4) is 0 Å². The number of halogens is 2.